The monoisotopic (exact) mass is 351 g/mol. The van der Waals surface area contributed by atoms with Gasteiger partial charge in [0.15, 0.2) is 17.1 Å². The van der Waals surface area contributed by atoms with Crippen molar-refractivity contribution in [1.29, 1.82) is 0 Å². The van der Waals surface area contributed by atoms with Gasteiger partial charge in [0.25, 0.3) is 0 Å². The fourth-order valence-electron chi connectivity index (χ4n) is 2.92. The Bertz CT molecular complexity index is 1030. The summed E-state index contributed by atoms with van der Waals surface area (Å²) in [6, 6.07) is 9.32. The van der Waals surface area contributed by atoms with E-state index in [1.54, 1.807) is 33.7 Å². The highest BCUT2D eigenvalue weighted by molar-refractivity contribution is 5.91. The molecule has 7 nitrogen and oxygen atoms in total. The molecule has 0 atom stereocenters. The number of benzene rings is 1. The molecular formula is C19H17N3O4. The molecule has 0 fully saturated rings. The molecule has 0 unspecified atom stereocenters. The number of hydrogen-bond acceptors (Lipinski definition) is 6. The van der Waals surface area contributed by atoms with Crippen molar-refractivity contribution in [2.75, 3.05) is 21.3 Å². The van der Waals surface area contributed by atoms with Gasteiger partial charge in [0.2, 0.25) is 5.75 Å². The zero-order chi connectivity index (χ0) is 18.1. The van der Waals surface area contributed by atoms with Crippen LogP contribution in [0.3, 0.4) is 0 Å². The fourth-order valence-corrected chi connectivity index (χ4v) is 2.92. The molecule has 0 spiro atoms. The van der Waals surface area contributed by atoms with E-state index in [4.69, 9.17) is 18.6 Å². The second-order valence-electron chi connectivity index (χ2n) is 5.56. The molecule has 132 valence electrons. The lowest BCUT2D eigenvalue weighted by atomic mass is 10.1. The minimum absolute atomic E-state index is 0.533. The molecule has 26 heavy (non-hydrogen) atoms. The highest BCUT2D eigenvalue weighted by atomic mass is 16.5. The lowest BCUT2D eigenvalue weighted by Crippen LogP contribution is -1.95. The van der Waals surface area contributed by atoms with E-state index in [1.165, 1.54) is 0 Å². The number of methoxy groups -OCH3 is 3. The summed E-state index contributed by atoms with van der Waals surface area (Å²) in [5.41, 5.74) is 3.88. The summed E-state index contributed by atoms with van der Waals surface area (Å²) in [4.78, 5) is 4.40. The van der Waals surface area contributed by atoms with E-state index in [1.807, 2.05) is 30.3 Å². The number of nitrogens with one attached hydrogen (secondary N) is 1. The van der Waals surface area contributed by atoms with Gasteiger partial charge in [-0.05, 0) is 24.3 Å². The molecule has 4 aromatic rings. The summed E-state index contributed by atoms with van der Waals surface area (Å²) in [6.45, 7) is 0. The average Bonchev–Trinajstić information content (AvgIpc) is 3.35. The van der Waals surface area contributed by atoms with E-state index in [9.17, 15) is 0 Å². The zero-order valence-corrected chi connectivity index (χ0v) is 14.6. The molecule has 1 aromatic carbocycles. The summed E-state index contributed by atoms with van der Waals surface area (Å²) in [5, 5.41) is 7.04. The SMILES string of the molecule is COc1cc(-c2cc3nccc(-c4cc[nH]n4)c3o2)cc(OC)c1OC. The minimum atomic E-state index is 0.533. The second-order valence-corrected chi connectivity index (χ2v) is 5.56. The number of aromatic nitrogens is 3. The van der Waals surface area contributed by atoms with Crippen molar-refractivity contribution in [1.82, 2.24) is 15.2 Å². The maximum atomic E-state index is 6.11. The normalized spacial score (nSPS) is 10.9. The van der Waals surface area contributed by atoms with Crippen LogP contribution >= 0.6 is 0 Å². The first-order valence-electron chi connectivity index (χ1n) is 7.94. The van der Waals surface area contributed by atoms with Gasteiger partial charge in [-0.3, -0.25) is 10.1 Å². The molecule has 0 amide bonds. The van der Waals surface area contributed by atoms with Crippen LogP contribution in [0, 0.1) is 0 Å². The quantitative estimate of drug-likeness (QED) is 0.587. The van der Waals surface area contributed by atoms with Gasteiger partial charge in [0.1, 0.15) is 11.3 Å². The van der Waals surface area contributed by atoms with E-state index in [-0.39, 0.29) is 0 Å². The van der Waals surface area contributed by atoms with Crippen molar-refractivity contribution in [2.45, 2.75) is 0 Å². The van der Waals surface area contributed by atoms with Gasteiger partial charge < -0.3 is 18.6 Å². The number of rotatable bonds is 5. The Morgan fingerprint density at radius 1 is 0.962 bits per heavy atom. The Hall–Kier alpha value is -3.48. The number of aromatic amines is 1. The van der Waals surface area contributed by atoms with Gasteiger partial charge in [0.05, 0.1) is 27.0 Å². The molecule has 7 heteroatoms. The van der Waals surface area contributed by atoms with Crippen LogP contribution in [-0.4, -0.2) is 36.5 Å². The van der Waals surface area contributed by atoms with Crippen molar-refractivity contribution in [3.63, 3.8) is 0 Å². The summed E-state index contributed by atoms with van der Waals surface area (Å²) < 4.78 is 22.3. The van der Waals surface area contributed by atoms with E-state index in [2.05, 4.69) is 15.2 Å². The maximum absolute atomic E-state index is 6.11. The highest BCUT2D eigenvalue weighted by Crippen LogP contribution is 2.42. The van der Waals surface area contributed by atoms with Crippen LogP contribution in [0.25, 0.3) is 33.7 Å². The molecule has 4 rings (SSSR count). The highest BCUT2D eigenvalue weighted by Gasteiger charge is 2.18. The van der Waals surface area contributed by atoms with E-state index in [0.29, 0.717) is 28.6 Å². The molecule has 0 aliphatic heterocycles. The molecule has 0 aliphatic carbocycles. The summed E-state index contributed by atoms with van der Waals surface area (Å²) in [7, 11) is 4.73. The van der Waals surface area contributed by atoms with E-state index >= 15 is 0 Å². The minimum Gasteiger partial charge on any atom is -0.493 e. The standard InChI is InChI=1S/C19H17N3O4/c1-23-16-8-11(9-17(24-2)19(16)25-3)15-10-14-18(26-15)12(4-6-20-14)13-5-7-21-22-13/h4-10H,1-3H3,(H,21,22). The maximum Gasteiger partial charge on any atom is 0.203 e. The molecule has 0 saturated heterocycles. The molecule has 3 aromatic heterocycles. The average molecular weight is 351 g/mol. The summed E-state index contributed by atoms with van der Waals surface area (Å²) in [6.07, 6.45) is 3.51. The Labute approximate surface area is 149 Å². The predicted octanol–water partition coefficient (Wildman–Crippen LogP) is 3.91. The van der Waals surface area contributed by atoms with E-state index in [0.717, 1.165) is 22.3 Å². The second kappa shape index (κ2) is 6.44. The van der Waals surface area contributed by atoms with Crippen LogP contribution in [0.15, 0.2) is 47.1 Å². The Kier molecular flexibility index (Phi) is 3.96. The molecule has 3 heterocycles. The third-order valence-corrected chi connectivity index (χ3v) is 4.14. The lowest BCUT2D eigenvalue weighted by Gasteiger charge is -2.13. The number of pyridine rings is 1. The van der Waals surface area contributed by atoms with Gasteiger partial charge >= 0.3 is 0 Å². The summed E-state index contributed by atoms with van der Waals surface area (Å²) >= 11 is 0. The van der Waals surface area contributed by atoms with Crippen molar-refractivity contribution in [3.8, 4) is 39.8 Å². The Morgan fingerprint density at radius 2 is 1.73 bits per heavy atom. The van der Waals surface area contributed by atoms with Crippen LogP contribution in [0.1, 0.15) is 0 Å². The molecule has 0 bridgehead atoms. The van der Waals surface area contributed by atoms with Gasteiger partial charge in [-0.15, -0.1) is 0 Å². The third-order valence-electron chi connectivity index (χ3n) is 4.14. The zero-order valence-electron chi connectivity index (χ0n) is 14.6. The number of furan rings is 1. The third kappa shape index (κ3) is 2.54. The number of fused-ring (bicyclic) bond motifs is 1. The van der Waals surface area contributed by atoms with Crippen LogP contribution in [0.4, 0.5) is 0 Å². The molecular weight excluding hydrogens is 334 g/mol. The largest absolute Gasteiger partial charge is 0.493 e. The van der Waals surface area contributed by atoms with E-state index < -0.39 is 0 Å². The first-order chi connectivity index (χ1) is 12.7. The Morgan fingerprint density at radius 3 is 2.35 bits per heavy atom. The summed E-state index contributed by atoms with van der Waals surface area (Å²) in [5.74, 6) is 2.30. The van der Waals surface area contributed by atoms with Crippen LogP contribution in [-0.2, 0) is 0 Å². The first kappa shape index (κ1) is 16.0. The van der Waals surface area contributed by atoms with Crippen molar-refractivity contribution >= 4 is 11.1 Å². The van der Waals surface area contributed by atoms with Crippen LogP contribution in [0.5, 0.6) is 17.2 Å². The topological polar surface area (TPSA) is 82.4 Å². The fraction of sp³-hybridized carbons (Fsp3) is 0.158. The molecule has 0 radical (unpaired) electrons. The van der Waals surface area contributed by atoms with Crippen LogP contribution in [0.2, 0.25) is 0 Å². The number of H-pyrrole nitrogens is 1. The Balaban J connectivity index is 1.89. The first-order valence-corrected chi connectivity index (χ1v) is 7.94. The van der Waals surface area contributed by atoms with Crippen molar-refractivity contribution < 1.29 is 18.6 Å². The van der Waals surface area contributed by atoms with Crippen molar-refractivity contribution in [2.24, 2.45) is 0 Å². The molecule has 0 aliphatic rings. The van der Waals surface area contributed by atoms with Crippen molar-refractivity contribution in [3.05, 3.63) is 42.7 Å². The van der Waals surface area contributed by atoms with Crippen LogP contribution < -0.4 is 14.2 Å². The van der Waals surface area contributed by atoms with Gasteiger partial charge in [0, 0.05) is 29.6 Å². The smallest absolute Gasteiger partial charge is 0.203 e. The molecule has 1 N–H and O–H groups in total. The number of ether oxygens (including phenoxy) is 3. The van der Waals surface area contributed by atoms with Gasteiger partial charge in [-0.25, -0.2) is 0 Å². The number of hydrogen-bond donors (Lipinski definition) is 1. The van der Waals surface area contributed by atoms with Gasteiger partial charge in [-0.2, -0.15) is 5.10 Å². The molecule has 0 saturated carbocycles. The van der Waals surface area contributed by atoms with Gasteiger partial charge in [-0.1, -0.05) is 0 Å². The lowest BCUT2D eigenvalue weighted by molar-refractivity contribution is 0.324. The predicted molar refractivity (Wildman–Crippen MR) is 96.7 cm³/mol. The number of nitrogens with zero attached hydrogens (tertiary/aromatic N) is 2.